The summed E-state index contributed by atoms with van der Waals surface area (Å²) in [6, 6.07) is 14.5. The smallest absolute Gasteiger partial charge is 0.266 e. The van der Waals surface area contributed by atoms with Crippen molar-refractivity contribution in [2.75, 3.05) is 24.3 Å². The number of aromatic nitrogens is 3. The standard InChI is InChI=1S/C29H34N6O4S/c1-4-18-15-19(16-20-17-31-29(34-27(18)20)32-22-11-9-21(30)10-12-22)23-13-14-26(33-28(23)39-3)35-40(36,37)25-8-6-5-7-24(25)38-2/h5-8,13-17,21-22H,4,9-12,30H2,1-3H3,(H,33,35)(H,31,32,34)/t21-,22-. The zero-order chi connectivity index (χ0) is 28.3. The van der Waals surface area contributed by atoms with Crippen LogP contribution in [0, 0.1) is 0 Å². The molecule has 1 aliphatic rings. The number of para-hydroxylation sites is 1. The van der Waals surface area contributed by atoms with Crippen molar-refractivity contribution in [1.82, 2.24) is 15.0 Å². The van der Waals surface area contributed by atoms with Crippen molar-refractivity contribution in [3.05, 3.63) is 60.3 Å². The molecule has 0 aliphatic heterocycles. The molecular formula is C29H34N6O4S. The fourth-order valence-corrected chi connectivity index (χ4v) is 6.24. The van der Waals surface area contributed by atoms with E-state index in [-0.39, 0.29) is 28.4 Å². The van der Waals surface area contributed by atoms with Crippen molar-refractivity contribution in [2.45, 2.75) is 56.0 Å². The van der Waals surface area contributed by atoms with Gasteiger partial charge in [0, 0.05) is 29.2 Å². The van der Waals surface area contributed by atoms with Crippen LogP contribution < -0.4 is 25.2 Å². The first kappa shape index (κ1) is 27.6. The molecule has 11 heteroatoms. The van der Waals surface area contributed by atoms with Crippen molar-refractivity contribution in [3.63, 3.8) is 0 Å². The Balaban J connectivity index is 1.44. The average molecular weight is 563 g/mol. The minimum atomic E-state index is -3.94. The molecule has 2 aromatic heterocycles. The third-order valence-electron chi connectivity index (χ3n) is 7.21. The predicted octanol–water partition coefficient (Wildman–Crippen LogP) is 4.75. The highest BCUT2D eigenvalue weighted by Gasteiger charge is 2.22. The summed E-state index contributed by atoms with van der Waals surface area (Å²) in [5, 5.41) is 4.38. The summed E-state index contributed by atoms with van der Waals surface area (Å²) >= 11 is 0. The molecule has 40 heavy (non-hydrogen) atoms. The van der Waals surface area contributed by atoms with E-state index in [2.05, 4.69) is 33.0 Å². The highest BCUT2D eigenvalue weighted by atomic mass is 32.2. The fourth-order valence-electron chi connectivity index (χ4n) is 5.07. The van der Waals surface area contributed by atoms with Crippen molar-refractivity contribution < 1.29 is 17.9 Å². The van der Waals surface area contributed by atoms with E-state index in [4.69, 9.17) is 20.2 Å². The lowest BCUT2D eigenvalue weighted by Gasteiger charge is -2.26. The Hall–Kier alpha value is -3.96. The third-order valence-corrected chi connectivity index (χ3v) is 8.60. The minimum absolute atomic E-state index is 0.0189. The highest BCUT2D eigenvalue weighted by molar-refractivity contribution is 7.92. The second kappa shape index (κ2) is 11.6. The number of fused-ring (bicyclic) bond motifs is 1. The van der Waals surface area contributed by atoms with Crippen LogP contribution in [0.4, 0.5) is 11.8 Å². The Kier molecular flexibility index (Phi) is 8.04. The van der Waals surface area contributed by atoms with Crippen molar-refractivity contribution in [1.29, 1.82) is 0 Å². The number of benzene rings is 2. The van der Waals surface area contributed by atoms with E-state index >= 15 is 0 Å². The second-order valence-electron chi connectivity index (χ2n) is 9.89. The van der Waals surface area contributed by atoms with E-state index in [1.165, 1.54) is 20.3 Å². The number of rotatable bonds is 9. The van der Waals surface area contributed by atoms with Gasteiger partial charge < -0.3 is 20.5 Å². The van der Waals surface area contributed by atoms with Gasteiger partial charge in [0.1, 0.15) is 16.5 Å². The lowest BCUT2D eigenvalue weighted by Crippen LogP contribution is -2.33. The van der Waals surface area contributed by atoms with Gasteiger partial charge >= 0.3 is 0 Å². The Morgan fingerprint density at radius 3 is 2.50 bits per heavy atom. The molecule has 0 spiro atoms. The molecule has 0 atom stereocenters. The number of hydrogen-bond acceptors (Lipinski definition) is 9. The molecule has 10 nitrogen and oxygen atoms in total. The maximum atomic E-state index is 13.0. The molecule has 0 amide bonds. The predicted molar refractivity (Wildman–Crippen MR) is 156 cm³/mol. The molecule has 1 saturated carbocycles. The average Bonchev–Trinajstić information content (AvgIpc) is 2.97. The number of pyridine rings is 1. The maximum Gasteiger partial charge on any atom is 0.266 e. The Labute approximate surface area is 234 Å². The molecule has 4 aromatic rings. The highest BCUT2D eigenvalue weighted by Crippen LogP contribution is 2.34. The molecule has 210 valence electrons. The quantitative estimate of drug-likeness (QED) is 0.263. The van der Waals surface area contributed by atoms with Crippen LogP contribution in [-0.4, -0.2) is 49.7 Å². The summed E-state index contributed by atoms with van der Waals surface area (Å²) in [7, 11) is -1.01. The van der Waals surface area contributed by atoms with Gasteiger partial charge in [-0.05, 0) is 79.6 Å². The van der Waals surface area contributed by atoms with Gasteiger partial charge in [-0.3, -0.25) is 4.72 Å². The van der Waals surface area contributed by atoms with E-state index in [0.717, 1.165) is 59.7 Å². The maximum absolute atomic E-state index is 13.0. The van der Waals surface area contributed by atoms with Crippen LogP contribution in [0.3, 0.4) is 0 Å². The molecular weight excluding hydrogens is 528 g/mol. The molecule has 2 heterocycles. The number of nitrogens with two attached hydrogens (primary N) is 1. The number of hydrogen-bond donors (Lipinski definition) is 3. The number of aryl methyl sites for hydroxylation is 1. The Morgan fingerprint density at radius 2 is 1.77 bits per heavy atom. The molecule has 1 aliphatic carbocycles. The Morgan fingerprint density at radius 1 is 1.00 bits per heavy atom. The summed E-state index contributed by atoms with van der Waals surface area (Å²) in [4.78, 5) is 13.9. The minimum Gasteiger partial charge on any atom is -0.495 e. The summed E-state index contributed by atoms with van der Waals surface area (Å²) in [5.74, 6) is 1.29. The molecule has 5 rings (SSSR count). The molecule has 1 fully saturated rings. The van der Waals surface area contributed by atoms with Crippen LogP contribution in [-0.2, 0) is 16.4 Å². The summed E-state index contributed by atoms with van der Waals surface area (Å²) in [6.07, 6.45) is 6.64. The van der Waals surface area contributed by atoms with Gasteiger partial charge in [0.05, 0.1) is 19.7 Å². The van der Waals surface area contributed by atoms with E-state index in [0.29, 0.717) is 12.0 Å². The largest absolute Gasteiger partial charge is 0.495 e. The monoisotopic (exact) mass is 562 g/mol. The third kappa shape index (κ3) is 5.80. The molecule has 4 N–H and O–H groups in total. The first-order valence-electron chi connectivity index (χ1n) is 13.3. The Bertz CT molecular complexity index is 1620. The number of anilines is 2. The first-order valence-corrected chi connectivity index (χ1v) is 14.8. The summed E-state index contributed by atoms with van der Waals surface area (Å²) in [5.41, 5.74) is 9.60. The topological polar surface area (TPSA) is 141 Å². The fraction of sp³-hybridized carbons (Fsp3) is 0.345. The van der Waals surface area contributed by atoms with Crippen LogP contribution in [0.5, 0.6) is 11.6 Å². The van der Waals surface area contributed by atoms with Gasteiger partial charge in [-0.25, -0.2) is 18.4 Å². The van der Waals surface area contributed by atoms with E-state index < -0.39 is 10.0 Å². The zero-order valence-electron chi connectivity index (χ0n) is 22.8. The van der Waals surface area contributed by atoms with Gasteiger partial charge in [-0.15, -0.1) is 0 Å². The van der Waals surface area contributed by atoms with Crippen molar-refractivity contribution in [3.8, 4) is 22.8 Å². The van der Waals surface area contributed by atoms with Gasteiger partial charge in [0.2, 0.25) is 11.8 Å². The molecule has 0 saturated heterocycles. The van der Waals surface area contributed by atoms with Crippen LogP contribution in [0.25, 0.3) is 22.0 Å². The number of methoxy groups -OCH3 is 2. The molecule has 0 bridgehead atoms. The first-order chi connectivity index (χ1) is 19.3. The van der Waals surface area contributed by atoms with Crippen LogP contribution >= 0.6 is 0 Å². The van der Waals surface area contributed by atoms with Crippen molar-refractivity contribution in [2.24, 2.45) is 5.73 Å². The lowest BCUT2D eigenvalue weighted by atomic mass is 9.92. The van der Waals surface area contributed by atoms with Gasteiger partial charge in [-0.1, -0.05) is 19.1 Å². The SMILES string of the molecule is CCc1cc(-c2ccc(NS(=O)(=O)c3ccccc3OC)nc2OC)cc2cnc(N[C@H]3CC[C@H](N)CC3)nc12. The lowest BCUT2D eigenvalue weighted by molar-refractivity contribution is 0.400. The van der Waals surface area contributed by atoms with Gasteiger partial charge in [0.25, 0.3) is 10.0 Å². The number of nitrogens with zero attached hydrogens (tertiary/aromatic N) is 3. The number of sulfonamides is 1. The van der Waals surface area contributed by atoms with Crippen molar-refractivity contribution >= 4 is 32.7 Å². The molecule has 2 aromatic carbocycles. The van der Waals surface area contributed by atoms with Gasteiger partial charge in [0.15, 0.2) is 0 Å². The molecule has 0 radical (unpaired) electrons. The van der Waals surface area contributed by atoms with Crippen LogP contribution in [0.15, 0.2) is 59.6 Å². The van der Waals surface area contributed by atoms with E-state index in [1.54, 1.807) is 30.3 Å². The molecule has 0 unspecified atom stereocenters. The van der Waals surface area contributed by atoms with E-state index in [9.17, 15) is 8.42 Å². The second-order valence-corrected chi connectivity index (χ2v) is 11.5. The normalized spacial score (nSPS) is 17.4. The summed E-state index contributed by atoms with van der Waals surface area (Å²) < 4.78 is 39.4. The van der Waals surface area contributed by atoms with Gasteiger partial charge in [-0.2, -0.15) is 4.98 Å². The van der Waals surface area contributed by atoms with Crippen LogP contribution in [0.1, 0.15) is 38.2 Å². The van der Waals surface area contributed by atoms with E-state index in [1.807, 2.05) is 12.3 Å². The van der Waals surface area contributed by atoms with Crippen LogP contribution in [0.2, 0.25) is 0 Å². The summed E-state index contributed by atoms with van der Waals surface area (Å²) in [6.45, 7) is 2.08. The number of ether oxygens (including phenoxy) is 2. The zero-order valence-corrected chi connectivity index (χ0v) is 23.7. The number of nitrogens with one attached hydrogen (secondary N) is 2.